The van der Waals surface area contributed by atoms with Crippen LogP contribution >= 0.6 is 11.8 Å². The first-order valence-corrected chi connectivity index (χ1v) is 11.4. The molecule has 0 spiro atoms. The Kier molecular flexibility index (Phi) is 6.94. The van der Waals surface area contributed by atoms with Gasteiger partial charge in [0.2, 0.25) is 5.91 Å². The molecule has 3 aromatic rings. The monoisotopic (exact) mass is 437 g/mol. The summed E-state index contributed by atoms with van der Waals surface area (Å²) in [6.45, 7) is 3.42. The number of thioether (sulfide) groups is 1. The van der Waals surface area contributed by atoms with Crippen molar-refractivity contribution in [2.24, 2.45) is 0 Å². The molecule has 2 N–H and O–H groups in total. The molecular weight excluding hydrogens is 410 g/mol. The number of ether oxygens (including phenoxy) is 2. The first kappa shape index (κ1) is 21.5. The van der Waals surface area contributed by atoms with Crippen LogP contribution < -0.4 is 10.1 Å². The molecule has 162 valence electrons. The number of hydrogen-bond acceptors (Lipinski definition) is 5. The highest BCUT2D eigenvalue weighted by Gasteiger charge is 2.18. The van der Waals surface area contributed by atoms with Crippen molar-refractivity contribution in [1.82, 2.24) is 15.3 Å². The SMILES string of the molecule is COc1ccc(-c2nc(SCC(=O)NC[C@@H]3CCCO3)c(-c3ccc(C)cc3)[nH]2)cc1. The molecular formula is C24H27N3O3S. The van der Waals surface area contributed by atoms with Gasteiger partial charge in [0.1, 0.15) is 16.6 Å². The summed E-state index contributed by atoms with van der Waals surface area (Å²) < 4.78 is 10.8. The average Bonchev–Trinajstić information content (AvgIpc) is 3.47. The summed E-state index contributed by atoms with van der Waals surface area (Å²) in [5, 5.41) is 3.78. The first-order valence-electron chi connectivity index (χ1n) is 10.4. The maximum atomic E-state index is 12.4. The average molecular weight is 438 g/mol. The normalized spacial score (nSPS) is 15.7. The molecule has 1 amide bonds. The number of aryl methyl sites for hydroxylation is 1. The minimum atomic E-state index is -0.00986. The molecule has 6 nitrogen and oxygen atoms in total. The number of nitrogens with one attached hydrogen (secondary N) is 2. The zero-order valence-electron chi connectivity index (χ0n) is 17.8. The van der Waals surface area contributed by atoms with Crippen LogP contribution in [0, 0.1) is 6.92 Å². The van der Waals surface area contributed by atoms with Crippen molar-refractivity contribution in [3.63, 3.8) is 0 Å². The molecule has 4 rings (SSSR count). The molecule has 1 aromatic heterocycles. The topological polar surface area (TPSA) is 76.2 Å². The number of methoxy groups -OCH3 is 1. The van der Waals surface area contributed by atoms with E-state index < -0.39 is 0 Å². The highest BCUT2D eigenvalue weighted by atomic mass is 32.2. The lowest BCUT2D eigenvalue weighted by Gasteiger charge is -2.10. The van der Waals surface area contributed by atoms with Crippen LogP contribution in [0.5, 0.6) is 5.75 Å². The summed E-state index contributed by atoms with van der Waals surface area (Å²) in [5.74, 6) is 1.86. The number of H-pyrrole nitrogens is 1. The minimum absolute atomic E-state index is 0.00986. The summed E-state index contributed by atoms with van der Waals surface area (Å²) in [6, 6.07) is 16.1. The van der Waals surface area contributed by atoms with Crippen molar-refractivity contribution in [2.75, 3.05) is 26.0 Å². The second kappa shape index (κ2) is 10.0. The fourth-order valence-electron chi connectivity index (χ4n) is 3.48. The van der Waals surface area contributed by atoms with Crippen molar-refractivity contribution in [3.8, 4) is 28.4 Å². The van der Waals surface area contributed by atoms with Gasteiger partial charge in [-0.2, -0.15) is 0 Å². The number of nitrogens with zero attached hydrogens (tertiary/aromatic N) is 1. The zero-order valence-corrected chi connectivity index (χ0v) is 18.6. The number of aromatic amines is 1. The molecule has 1 saturated heterocycles. The van der Waals surface area contributed by atoms with E-state index in [1.807, 2.05) is 24.3 Å². The van der Waals surface area contributed by atoms with Gasteiger partial charge in [-0.3, -0.25) is 4.79 Å². The molecule has 1 fully saturated rings. The number of hydrogen-bond donors (Lipinski definition) is 2. The van der Waals surface area contributed by atoms with Crippen LogP contribution in [-0.2, 0) is 9.53 Å². The van der Waals surface area contributed by atoms with Gasteiger partial charge in [0.05, 0.1) is 24.7 Å². The van der Waals surface area contributed by atoms with E-state index in [1.54, 1.807) is 7.11 Å². The number of imidazole rings is 1. The van der Waals surface area contributed by atoms with Gasteiger partial charge in [-0.25, -0.2) is 4.98 Å². The number of carbonyl (C=O) groups excluding carboxylic acids is 1. The highest BCUT2D eigenvalue weighted by molar-refractivity contribution is 8.00. The Morgan fingerprint density at radius 2 is 1.94 bits per heavy atom. The number of aromatic nitrogens is 2. The van der Waals surface area contributed by atoms with Crippen molar-refractivity contribution >= 4 is 17.7 Å². The Labute approximate surface area is 186 Å². The summed E-state index contributed by atoms with van der Waals surface area (Å²) in [5.41, 5.74) is 4.12. The Hall–Kier alpha value is -2.77. The molecule has 1 aliphatic rings. The molecule has 0 unspecified atom stereocenters. The van der Waals surface area contributed by atoms with Gasteiger partial charge in [0.25, 0.3) is 0 Å². The lowest BCUT2D eigenvalue weighted by molar-refractivity contribution is -0.119. The maximum absolute atomic E-state index is 12.4. The molecule has 2 heterocycles. The van der Waals surface area contributed by atoms with Crippen LogP contribution in [-0.4, -0.2) is 48.0 Å². The van der Waals surface area contributed by atoms with Crippen LogP contribution in [0.1, 0.15) is 18.4 Å². The summed E-state index contributed by atoms with van der Waals surface area (Å²) in [7, 11) is 1.65. The number of rotatable bonds is 8. The van der Waals surface area contributed by atoms with Gasteiger partial charge in [-0.15, -0.1) is 0 Å². The van der Waals surface area contributed by atoms with Gasteiger partial charge in [-0.1, -0.05) is 41.6 Å². The summed E-state index contributed by atoms with van der Waals surface area (Å²) in [4.78, 5) is 20.6. The van der Waals surface area contributed by atoms with Crippen LogP contribution in [0.15, 0.2) is 53.6 Å². The van der Waals surface area contributed by atoms with E-state index in [4.69, 9.17) is 14.5 Å². The van der Waals surface area contributed by atoms with Gasteiger partial charge < -0.3 is 19.8 Å². The fraction of sp³-hybridized carbons (Fsp3) is 0.333. The smallest absolute Gasteiger partial charge is 0.230 e. The number of amides is 1. The minimum Gasteiger partial charge on any atom is -0.497 e. The molecule has 0 aliphatic carbocycles. The van der Waals surface area contributed by atoms with Gasteiger partial charge >= 0.3 is 0 Å². The third kappa shape index (κ3) is 5.48. The number of carbonyl (C=O) groups is 1. The number of benzene rings is 2. The largest absolute Gasteiger partial charge is 0.497 e. The lowest BCUT2D eigenvalue weighted by Crippen LogP contribution is -2.32. The van der Waals surface area contributed by atoms with Crippen LogP contribution in [0.25, 0.3) is 22.6 Å². The molecule has 0 bridgehead atoms. The molecule has 0 saturated carbocycles. The molecule has 7 heteroatoms. The lowest BCUT2D eigenvalue weighted by atomic mass is 10.1. The Bertz CT molecular complexity index is 1010. The second-order valence-corrected chi connectivity index (χ2v) is 8.55. The van der Waals surface area contributed by atoms with Crippen LogP contribution in [0.2, 0.25) is 0 Å². The third-order valence-electron chi connectivity index (χ3n) is 5.27. The summed E-state index contributed by atoms with van der Waals surface area (Å²) >= 11 is 1.44. The van der Waals surface area contributed by atoms with Crippen molar-refractivity contribution in [1.29, 1.82) is 0 Å². The van der Waals surface area contributed by atoms with Crippen LogP contribution in [0.4, 0.5) is 0 Å². The second-order valence-electron chi connectivity index (χ2n) is 7.59. The Balaban J connectivity index is 1.51. The Morgan fingerprint density at radius 1 is 1.19 bits per heavy atom. The standard InChI is InChI=1S/C24H27N3O3S/c1-16-5-7-17(8-6-16)22-24(31-15-21(28)25-14-20-4-3-13-30-20)27-23(26-22)18-9-11-19(29-2)12-10-18/h5-12,20H,3-4,13-15H2,1-2H3,(H,25,28)(H,26,27)/t20-/m0/s1. The summed E-state index contributed by atoms with van der Waals surface area (Å²) in [6.07, 6.45) is 2.22. The van der Waals surface area contributed by atoms with Gasteiger partial charge in [0, 0.05) is 24.3 Å². The molecule has 31 heavy (non-hydrogen) atoms. The quantitative estimate of drug-likeness (QED) is 0.509. The predicted octanol–water partition coefficient (Wildman–Crippen LogP) is 4.45. The van der Waals surface area contributed by atoms with E-state index in [2.05, 4.69) is 41.5 Å². The predicted molar refractivity (Wildman–Crippen MR) is 123 cm³/mol. The Morgan fingerprint density at radius 3 is 2.61 bits per heavy atom. The van der Waals surface area contributed by atoms with E-state index in [0.717, 1.165) is 52.9 Å². The third-order valence-corrected chi connectivity index (χ3v) is 6.24. The van der Waals surface area contributed by atoms with Crippen molar-refractivity contribution in [3.05, 3.63) is 54.1 Å². The van der Waals surface area contributed by atoms with Crippen LogP contribution in [0.3, 0.4) is 0 Å². The maximum Gasteiger partial charge on any atom is 0.230 e. The van der Waals surface area contributed by atoms with Crippen molar-refractivity contribution < 1.29 is 14.3 Å². The zero-order chi connectivity index (χ0) is 21.6. The molecule has 0 radical (unpaired) electrons. The van der Waals surface area contributed by atoms with Gasteiger partial charge in [-0.05, 0) is 44.0 Å². The molecule has 2 aromatic carbocycles. The van der Waals surface area contributed by atoms with E-state index in [1.165, 1.54) is 17.3 Å². The van der Waals surface area contributed by atoms with E-state index >= 15 is 0 Å². The fourth-order valence-corrected chi connectivity index (χ4v) is 4.32. The van der Waals surface area contributed by atoms with E-state index in [0.29, 0.717) is 12.3 Å². The molecule has 1 aliphatic heterocycles. The van der Waals surface area contributed by atoms with E-state index in [-0.39, 0.29) is 12.0 Å². The molecule has 1 atom stereocenters. The van der Waals surface area contributed by atoms with E-state index in [9.17, 15) is 4.79 Å². The van der Waals surface area contributed by atoms with Gasteiger partial charge in [0.15, 0.2) is 0 Å². The highest BCUT2D eigenvalue weighted by Crippen LogP contribution is 2.33. The van der Waals surface area contributed by atoms with Crippen molar-refractivity contribution in [2.45, 2.75) is 30.9 Å². The first-order chi connectivity index (χ1) is 15.1.